The summed E-state index contributed by atoms with van der Waals surface area (Å²) in [5.74, 6) is 1.43. The van der Waals surface area contributed by atoms with Crippen LogP contribution in [0.1, 0.15) is 28.8 Å². The number of aromatic nitrogens is 2. The zero-order valence-electron chi connectivity index (χ0n) is 14.5. The highest BCUT2D eigenvalue weighted by atomic mass is 32.1. The average molecular weight is 355 g/mol. The van der Waals surface area contributed by atoms with Crippen molar-refractivity contribution in [3.63, 3.8) is 0 Å². The monoisotopic (exact) mass is 355 g/mol. The van der Waals surface area contributed by atoms with E-state index in [1.54, 1.807) is 30.1 Å². The van der Waals surface area contributed by atoms with Gasteiger partial charge in [-0.15, -0.1) is 11.3 Å². The van der Waals surface area contributed by atoms with Crippen LogP contribution in [-0.2, 0) is 26.4 Å². The van der Waals surface area contributed by atoms with E-state index in [-0.39, 0.29) is 5.56 Å². The summed E-state index contributed by atoms with van der Waals surface area (Å²) >= 11 is 1.68. The Bertz CT molecular complexity index is 990. The Morgan fingerprint density at radius 1 is 1.28 bits per heavy atom. The minimum atomic E-state index is 0.0481. The lowest BCUT2D eigenvalue weighted by atomic mass is 9.97. The van der Waals surface area contributed by atoms with Crippen LogP contribution >= 0.6 is 11.3 Å². The van der Waals surface area contributed by atoms with Crippen molar-refractivity contribution >= 4 is 27.5 Å². The van der Waals surface area contributed by atoms with E-state index >= 15 is 0 Å². The molecule has 0 radical (unpaired) electrons. The van der Waals surface area contributed by atoms with Gasteiger partial charge in [-0.05, 0) is 37.3 Å². The van der Waals surface area contributed by atoms with Crippen molar-refractivity contribution in [3.8, 4) is 5.75 Å². The molecule has 1 aromatic carbocycles. The number of thiophene rings is 1. The molecule has 1 aliphatic carbocycles. The zero-order chi connectivity index (χ0) is 17.4. The predicted octanol–water partition coefficient (Wildman–Crippen LogP) is 3.49. The smallest absolute Gasteiger partial charge is 0.263 e. The molecule has 0 saturated heterocycles. The maximum absolute atomic E-state index is 12.9. The van der Waals surface area contributed by atoms with Crippen LogP contribution in [0.5, 0.6) is 5.75 Å². The molecular formula is C19H21N3O2S. The number of nitrogens with one attached hydrogen (secondary N) is 1. The lowest BCUT2D eigenvalue weighted by molar-refractivity contribution is 0.410. The topological polar surface area (TPSA) is 56.1 Å². The van der Waals surface area contributed by atoms with Crippen molar-refractivity contribution in [3.05, 3.63) is 50.6 Å². The van der Waals surface area contributed by atoms with E-state index in [1.807, 2.05) is 24.3 Å². The van der Waals surface area contributed by atoms with E-state index < -0.39 is 0 Å². The van der Waals surface area contributed by atoms with Crippen molar-refractivity contribution in [2.45, 2.75) is 32.2 Å². The first-order chi connectivity index (χ1) is 12.2. The van der Waals surface area contributed by atoms with Gasteiger partial charge in [-0.3, -0.25) is 9.36 Å². The minimum absolute atomic E-state index is 0.0481. The Kier molecular flexibility index (Phi) is 4.21. The fourth-order valence-corrected chi connectivity index (χ4v) is 4.72. The summed E-state index contributed by atoms with van der Waals surface area (Å²) in [5.41, 5.74) is 2.31. The van der Waals surface area contributed by atoms with Crippen molar-refractivity contribution < 1.29 is 4.74 Å². The molecule has 3 aromatic rings. The Morgan fingerprint density at radius 2 is 2.08 bits per heavy atom. The van der Waals surface area contributed by atoms with Crippen molar-refractivity contribution in [1.29, 1.82) is 0 Å². The van der Waals surface area contributed by atoms with Gasteiger partial charge < -0.3 is 10.1 Å². The second-order valence-corrected chi connectivity index (χ2v) is 7.44. The van der Waals surface area contributed by atoms with Gasteiger partial charge in [0.05, 0.1) is 12.5 Å². The number of fused-ring (bicyclic) bond motifs is 3. The Morgan fingerprint density at radius 3 is 2.92 bits per heavy atom. The average Bonchev–Trinajstić information content (AvgIpc) is 3.02. The quantitative estimate of drug-likeness (QED) is 0.778. The van der Waals surface area contributed by atoms with Crippen molar-refractivity contribution in [2.24, 2.45) is 7.05 Å². The van der Waals surface area contributed by atoms with Crippen molar-refractivity contribution in [2.75, 3.05) is 12.4 Å². The van der Waals surface area contributed by atoms with Crippen LogP contribution in [-0.4, -0.2) is 16.7 Å². The fourth-order valence-electron chi connectivity index (χ4n) is 3.47. The Hall–Kier alpha value is -2.34. The molecule has 1 N–H and O–H groups in total. The number of nitrogens with zero attached hydrogens (tertiary/aromatic N) is 2. The molecule has 2 aromatic heterocycles. The highest BCUT2D eigenvalue weighted by molar-refractivity contribution is 7.18. The van der Waals surface area contributed by atoms with Gasteiger partial charge in [0, 0.05) is 24.0 Å². The normalized spacial score (nSPS) is 13.7. The van der Waals surface area contributed by atoms with E-state index in [1.165, 1.54) is 16.9 Å². The van der Waals surface area contributed by atoms with Gasteiger partial charge in [0.25, 0.3) is 5.56 Å². The van der Waals surface area contributed by atoms with Crippen LogP contribution in [0.2, 0.25) is 0 Å². The number of benzene rings is 1. The molecule has 4 rings (SSSR count). The van der Waals surface area contributed by atoms with E-state index in [0.29, 0.717) is 12.5 Å². The van der Waals surface area contributed by atoms with Crippen LogP contribution < -0.4 is 15.6 Å². The third kappa shape index (κ3) is 2.80. The summed E-state index contributed by atoms with van der Waals surface area (Å²) in [6, 6.07) is 7.85. The van der Waals surface area contributed by atoms with Gasteiger partial charge in [-0.2, -0.15) is 0 Å². The second-order valence-electron chi connectivity index (χ2n) is 6.36. The van der Waals surface area contributed by atoms with E-state index in [2.05, 4.69) is 5.32 Å². The van der Waals surface area contributed by atoms with E-state index in [4.69, 9.17) is 9.72 Å². The van der Waals surface area contributed by atoms with Gasteiger partial charge in [-0.1, -0.05) is 18.2 Å². The van der Waals surface area contributed by atoms with Crippen molar-refractivity contribution in [1.82, 2.24) is 9.55 Å². The molecular weight excluding hydrogens is 334 g/mol. The number of anilines is 1. The lowest BCUT2D eigenvalue weighted by Gasteiger charge is -2.13. The first-order valence-corrected chi connectivity index (χ1v) is 9.37. The van der Waals surface area contributed by atoms with E-state index in [9.17, 15) is 4.79 Å². The number of para-hydroxylation sites is 1. The number of hydrogen-bond acceptors (Lipinski definition) is 5. The molecule has 6 heteroatoms. The van der Waals surface area contributed by atoms with Gasteiger partial charge in [0.15, 0.2) is 0 Å². The lowest BCUT2D eigenvalue weighted by Crippen LogP contribution is -2.22. The predicted molar refractivity (Wildman–Crippen MR) is 102 cm³/mol. The third-order valence-electron chi connectivity index (χ3n) is 4.83. The Labute approximate surface area is 150 Å². The molecule has 1 aliphatic rings. The van der Waals surface area contributed by atoms with Gasteiger partial charge in [0.1, 0.15) is 10.6 Å². The van der Waals surface area contributed by atoms with E-state index in [0.717, 1.165) is 40.8 Å². The van der Waals surface area contributed by atoms with Crippen LogP contribution in [0.25, 0.3) is 10.2 Å². The minimum Gasteiger partial charge on any atom is -0.496 e. The molecule has 0 atom stereocenters. The number of rotatable bonds is 4. The number of aryl methyl sites for hydroxylation is 2. The molecule has 25 heavy (non-hydrogen) atoms. The van der Waals surface area contributed by atoms with Crippen LogP contribution in [0.4, 0.5) is 5.95 Å². The second kappa shape index (κ2) is 6.52. The fraction of sp³-hybridized carbons (Fsp3) is 0.368. The highest BCUT2D eigenvalue weighted by Gasteiger charge is 2.21. The first-order valence-electron chi connectivity index (χ1n) is 8.56. The molecule has 2 heterocycles. The molecule has 0 amide bonds. The number of hydrogen-bond donors (Lipinski definition) is 1. The summed E-state index contributed by atoms with van der Waals surface area (Å²) in [6.07, 6.45) is 4.44. The molecule has 0 bridgehead atoms. The Balaban J connectivity index is 1.71. The molecule has 0 spiro atoms. The molecule has 0 fully saturated rings. The van der Waals surface area contributed by atoms with Gasteiger partial charge in [0.2, 0.25) is 5.95 Å². The summed E-state index contributed by atoms with van der Waals surface area (Å²) in [7, 11) is 3.45. The standard InChI is InChI=1S/C19H21N3O2S/c1-22-18(23)16-13-8-4-6-10-15(13)25-17(16)21-19(22)20-11-12-7-3-5-9-14(12)24-2/h3,5,7,9H,4,6,8,10-11H2,1-2H3,(H,20,21). The summed E-state index contributed by atoms with van der Waals surface area (Å²) in [5, 5.41) is 4.12. The molecule has 130 valence electrons. The highest BCUT2D eigenvalue weighted by Crippen LogP contribution is 2.34. The molecule has 0 unspecified atom stereocenters. The largest absolute Gasteiger partial charge is 0.496 e. The first kappa shape index (κ1) is 16.1. The molecule has 5 nitrogen and oxygen atoms in total. The summed E-state index contributed by atoms with van der Waals surface area (Å²) < 4.78 is 7.01. The molecule has 0 aliphatic heterocycles. The summed E-state index contributed by atoms with van der Waals surface area (Å²) in [4.78, 5) is 19.8. The maximum Gasteiger partial charge on any atom is 0.263 e. The number of ether oxygens (including phenoxy) is 1. The van der Waals surface area contributed by atoms with Gasteiger partial charge >= 0.3 is 0 Å². The van der Waals surface area contributed by atoms with Crippen LogP contribution in [0.15, 0.2) is 29.1 Å². The maximum atomic E-state index is 12.9. The van der Waals surface area contributed by atoms with Gasteiger partial charge in [-0.25, -0.2) is 4.98 Å². The SMILES string of the molecule is COc1ccccc1CNc1nc2sc3c(c2c(=O)n1C)CCCC3. The van der Waals surface area contributed by atoms with Crippen LogP contribution in [0, 0.1) is 0 Å². The third-order valence-corrected chi connectivity index (χ3v) is 6.01. The number of methoxy groups -OCH3 is 1. The summed E-state index contributed by atoms with van der Waals surface area (Å²) in [6.45, 7) is 0.556. The van der Waals surface area contributed by atoms with Crippen LogP contribution in [0.3, 0.4) is 0 Å². The molecule has 0 saturated carbocycles. The zero-order valence-corrected chi connectivity index (χ0v) is 15.3.